The smallest absolute Gasteiger partial charge is 0.319 e. The van der Waals surface area contributed by atoms with Crippen LogP contribution in [0.15, 0.2) is 59.5 Å². The van der Waals surface area contributed by atoms with Crippen molar-refractivity contribution in [2.24, 2.45) is 0 Å². The van der Waals surface area contributed by atoms with Crippen LogP contribution in [0.4, 0.5) is 10.5 Å². The standard InChI is InChI=1S/C15H15N5O3/c21-13(14-2-1-9-23-14)10-16-15(22)18-11-3-5-12(6-4-11)20-8-7-17-19-20/h1-9,13,21H,10H2,(H2,16,18,22). The van der Waals surface area contributed by atoms with Gasteiger partial charge in [-0.2, -0.15) is 0 Å². The van der Waals surface area contributed by atoms with Gasteiger partial charge in [-0.1, -0.05) is 5.21 Å². The number of carbonyl (C=O) groups excluding carboxylic acids is 1. The molecule has 0 bridgehead atoms. The quantitative estimate of drug-likeness (QED) is 0.665. The van der Waals surface area contributed by atoms with Crippen molar-refractivity contribution in [1.82, 2.24) is 20.3 Å². The average Bonchev–Trinajstić information content (AvgIpc) is 3.26. The zero-order chi connectivity index (χ0) is 16.1. The molecular formula is C15H15N5O3. The number of hydrogen-bond donors (Lipinski definition) is 3. The molecule has 0 saturated heterocycles. The van der Waals surface area contributed by atoms with E-state index in [4.69, 9.17) is 4.42 Å². The van der Waals surface area contributed by atoms with Crippen LogP contribution in [-0.4, -0.2) is 32.7 Å². The molecule has 0 radical (unpaired) electrons. The van der Waals surface area contributed by atoms with E-state index in [1.54, 1.807) is 41.3 Å². The monoisotopic (exact) mass is 313 g/mol. The van der Waals surface area contributed by atoms with Crippen LogP contribution in [0, 0.1) is 0 Å². The number of aliphatic hydroxyl groups excluding tert-OH is 1. The van der Waals surface area contributed by atoms with Crippen molar-refractivity contribution in [3.8, 4) is 5.69 Å². The van der Waals surface area contributed by atoms with Crippen molar-refractivity contribution in [2.45, 2.75) is 6.10 Å². The molecule has 2 heterocycles. The van der Waals surface area contributed by atoms with Gasteiger partial charge >= 0.3 is 6.03 Å². The van der Waals surface area contributed by atoms with E-state index in [1.807, 2.05) is 12.1 Å². The Balaban J connectivity index is 1.51. The fourth-order valence-corrected chi connectivity index (χ4v) is 1.99. The van der Waals surface area contributed by atoms with Gasteiger partial charge in [0.25, 0.3) is 0 Å². The average molecular weight is 313 g/mol. The summed E-state index contributed by atoms with van der Waals surface area (Å²) in [6.07, 6.45) is 3.90. The van der Waals surface area contributed by atoms with Crippen LogP contribution in [0.5, 0.6) is 0 Å². The lowest BCUT2D eigenvalue weighted by Crippen LogP contribution is -2.32. The van der Waals surface area contributed by atoms with Crippen molar-refractivity contribution in [3.63, 3.8) is 0 Å². The van der Waals surface area contributed by atoms with Crippen molar-refractivity contribution >= 4 is 11.7 Å². The van der Waals surface area contributed by atoms with Crippen LogP contribution >= 0.6 is 0 Å². The minimum atomic E-state index is -0.884. The first-order valence-corrected chi connectivity index (χ1v) is 6.95. The minimum absolute atomic E-state index is 0.0520. The zero-order valence-electron chi connectivity index (χ0n) is 12.1. The Morgan fingerprint density at radius 3 is 2.78 bits per heavy atom. The number of aliphatic hydroxyl groups is 1. The van der Waals surface area contributed by atoms with Gasteiger partial charge in [-0.3, -0.25) is 0 Å². The molecule has 3 rings (SSSR count). The van der Waals surface area contributed by atoms with Crippen LogP contribution in [0.25, 0.3) is 5.69 Å². The van der Waals surface area contributed by atoms with Crippen molar-refractivity contribution < 1.29 is 14.3 Å². The number of rotatable bonds is 5. The number of aromatic nitrogens is 3. The molecule has 0 aliphatic heterocycles. The maximum atomic E-state index is 11.8. The number of hydrogen-bond acceptors (Lipinski definition) is 5. The predicted molar refractivity (Wildman–Crippen MR) is 82.0 cm³/mol. The van der Waals surface area contributed by atoms with Crippen LogP contribution in [0.2, 0.25) is 0 Å². The van der Waals surface area contributed by atoms with Gasteiger partial charge < -0.3 is 20.2 Å². The number of anilines is 1. The lowest BCUT2D eigenvalue weighted by atomic mass is 10.2. The SMILES string of the molecule is O=C(NCC(O)c1ccco1)Nc1ccc(-n2ccnn2)cc1. The molecule has 8 heteroatoms. The van der Waals surface area contributed by atoms with Crippen LogP contribution in [-0.2, 0) is 0 Å². The number of furan rings is 1. The summed E-state index contributed by atoms with van der Waals surface area (Å²) in [7, 11) is 0. The molecule has 0 fully saturated rings. The molecule has 3 N–H and O–H groups in total. The van der Waals surface area contributed by atoms with Crippen molar-refractivity contribution in [3.05, 3.63) is 60.8 Å². The van der Waals surface area contributed by atoms with Crippen LogP contribution in [0.3, 0.4) is 0 Å². The third-order valence-corrected chi connectivity index (χ3v) is 3.14. The summed E-state index contributed by atoms with van der Waals surface area (Å²) in [5.74, 6) is 0.405. The molecule has 118 valence electrons. The second-order valence-corrected chi connectivity index (χ2v) is 4.76. The van der Waals surface area contributed by atoms with E-state index in [0.717, 1.165) is 5.69 Å². The van der Waals surface area contributed by atoms with Crippen molar-refractivity contribution in [1.29, 1.82) is 0 Å². The topological polar surface area (TPSA) is 105 Å². The molecule has 3 aromatic rings. The van der Waals surface area contributed by atoms with Crippen LogP contribution in [0.1, 0.15) is 11.9 Å². The highest BCUT2D eigenvalue weighted by molar-refractivity contribution is 5.89. The molecule has 2 aromatic heterocycles. The highest BCUT2D eigenvalue weighted by Gasteiger charge is 2.11. The zero-order valence-corrected chi connectivity index (χ0v) is 12.1. The largest absolute Gasteiger partial charge is 0.467 e. The first-order chi connectivity index (χ1) is 11.2. The summed E-state index contributed by atoms with van der Waals surface area (Å²) in [4.78, 5) is 11.8. The van der Waals surface area contributed by atoms with Gasteiger partial charge in [-0.25, -0.2) is 9.48 Å². The molecular weight excluding hydrogens is 298 g/mol. The molecule has 2 amide bonds. The fraction of sp³-hybridized carbons (Fsp3) is 0.133. The molecule has 1 unspecified atom stereocenters. The van der Waals surface area contributed by atoms with E-state index in [9.17, 15) is 9.90 Å². The molecule has 8 nitrogen and oxygen atoms in total. The lowest BCUT2D eigenvalue weighted by molar-refractivity contribution is 0.149. The van der Waals surface area contributed by atoms with E-state index in [2.05, 4.69) is 20.9 Å². The minimum Gasteiger partial charge on any atom is -0.467 e. The lowest BCUT2D eigenvalue weighted by Gasteiger charge is -2.11. The van der Waals surface area contributed by atoms with E-state index in [1.165, 1.54) is 6.26 Å². The van der Waals surface area contributed by atoms with Gasteiger partial charge in [-0.05, 0) is 36.4 Å². The maximum Gasteiger partial charge on any atom is 0.319 e. The summed E-state index contributed by atoms with van der Waals surface area (Å²) in [6, 6.07) is 10.0. The molecule has 1 atom stereocenters. The summed E-state index contributed by atoms with van der Waals surface area (Å²) in [5.41, 5.74) is 1.46. The number of carbonyl (C=O) groups is 1. The van der Waals surface area contributed by atoms with Gasteiger partial charge in [0.1, 0.15) is 11.9 Å². The van der Waals surface area contributed by atoms with E-state index in [-0.39, 0.29) is 6.54 Å². The normalized spacial score (nSPS) is 11.9. The number of nitrogens with one attached hydrogen (secondary N) is 2. The molecule has 1 aromatic carbocycles. The molecule has 0 aliphatic rings. The Hall–Kier alpha value is -3.13. The third-order valence-electron chi connectivity index (χ3n) is 3.14. The Labute approximate surface area is 131 Å². The van der Waals surface area contributed by atoms with Crippen molar-refractivity contribution in [2.75, 3.05) is 11.9 Å². The Kier molecular flexibility index (Phi) is 4.34. The van der Waals surface area contributed by atoms with Gasteiger partial charge in [0, 0.05) is 5.69 Å². The molecule has 0 spiro atoms. The first kappa shape index (κ1) is 14.8. The van der Waals surface area contributed by atoms with E-state index < -0.39 is 12.1 Å². The van der Waals surface area contributed by atoms with Crippen LogP contribution < -0.4 is 10.6 Å². The highest BCUT2D eigenvalue weighted by Crippen LogP contribution is 2.13. The van der Waals surface area contributed by atoms with E-state index >= 15 is 0 Å². The summed E-state index contributed by atoms with van der Waals surface area (Å²) in [6.45, 7) is 0.0520. The van der Waals surface area contributed by atoms with Gasteiger partial charge in [0.15, 0.2) is 0 Å². The first-order valence-electron chi connectivity index (χ1n) is 6.95. The second-order valence-electron chi connectivity index (χ2n) is 4.76. The summed E-state index contributed by atoms with van der Waals surface area (Å²) >= 11 is 0. The van der Waals surface area contributed by atoms with E-state index in [0.29, 0.717) is 11.4 Å². The predicted octanol–water partition coefficient (Wildman–Crippen LogP) is 1.72. The number of amides is 2. The molecule has 23 heavy (non-hydrogen) atoms. The molecule has 0 aliphatic carbocycles. The summed E-state index contributed by atoms with van der Waals surface area (Å²) < 4.78 is 6.67. The fourth-order valence-electron chi connectivity index (χ4n) is 1.99. The van der Waals surface area contributed by atoms with Gasteiger partial charge in [-0.15, -0.1) is 5.10 Å². The van der Waals surface area contributed by atoms with Gasteiger partial charge in [0.05, 0.1) is 30.9 Å². The van der Waals surface area contributed by atoms with Gasteiger partial charge in [0.2, 0.25) is 0 Å². The Bertz CT molecular complexity index is 738. The Morgan fingerprint density at radius 1 is 1.30 bits per heavy atom. The Morgan fingerprint density at radius 2 is 2.13 bits per heavy atom. The number of nitrogens with zero attached hydrogens (tertiary/aromatic N) is 3. The molecule has 0 saturated carbocycles. The second kappa shape index (κ2) is 6.75. The third kappa shape index (κ3) is 3.74. The maximum absolute atomic E-state index is 11.8. The number of urea groups is 1. The summed E-state index contributed by atoms with van der Waals surface area (Å²) in [5, 5.41) is 22.7. The highest BCUT2D eigenvalue weighted by atomic mass is 16.4. The number of benzene rings is 1.